The van der Waals surface area contributed by atoms with Crippen molar-refractivity contribution < 1.29 is 4.42 Å². The van der Waals surface area contributed by atoms with Crippen molar-refractivity contribution in [3.63, 3.8) is 0 Å². The molecule has 2 rings (SSSR count). The summed E-state index contributed by atoms with van der Waals surface area (Å²) in [6, 6.07) is 5.17. The Morgan fingerprint density at radius 2 is 1.68 bits per heavy atom. The van der Waals surface area contributed by atoms with Gasteiger partial charge in [-0.15, -0.1) is 0 Å². The highest BCUT2D eigenvalue weighted by molar-refractivity contribution is 6.50. The summed E-state index contributed by atoms with van der Waals surface area (Å²) >= 11 is 24.3. The van der Waals surface area contributed by atoms with Crippen LogP contribution in [-0.2, 0) is 6.54 Å². The molecule has 0 radical (unpaired) electrons. The lowest BCUT2D eigenvalue weighted by Crippen LogP contribution is -2.10. The number of nitrogens with one attached hydrogen (secondary N) is 1. The van der Waals surface area contributed by atoms with Gasteiger partial charge < -0.3 is 9.73 Å². The molecule has 1 aromatic carbocycles. The van der Waals surface area contributed by atoms with E-state index in [4.69, 9.17) is 50.8 Å². The second kappa shape index (κ2) is 6.38. The van der Waals surface area contributed by atoms with Crippen LogP contribution in [0.2, 0.25) is 20.1 Å². The molecule has 0 spiro atoms. The fourth-order valence-corrected chi connectivity index (χ4v) is 2.64. The molecule has 0 aliphatic heterocycles. The van der Waals surface area contributed by atoms with Crippen LogP contribution in [0.4, 0.5) is 0 Å². The Labute approximate surface area is 131 Å². The van der Waals surface area contributed by atoms with Crippen LogP contribution in [0.5, 0.6) is 0 Å². The molecule has 0 fully saturated rings. The zero-order chi connectivity index (χ0) is 14.0. The predicted octanol–water partition coefficient (Wildman–Crippen LogP) is 5.67. The van der Waals surface area contributed by atoms with E-state index in [2.05, 4.69) is 5.32 Å². The van der Waals surface area contributed by atoms with Gasteiger partial charge in [0.05, 0.1) is 32.2 Å². The second-order valence-electron chi connectivity index (χ2n) is 3.89. The quantitative estimate of drug-likeness (QED) is 0.726. The lowest BCUT2D eigenvalue weighted by molar-refractivity contribution is 0.498. The van der Waals surface area contributed by atoms with Crippen LogP contribution in [0.1, 0.15) is 12.7 Å². The molecule has 2 aromatic rings. The molecule has 0 saturated carbocycles. The summed E-state index contributed by atoms with van der Waals surface area (Å²) in [5, 5.41) is 4.52. The average Bonchev–Trinajstić information content (AvgIpc) is 2.83. The molecule has 1 N–H and O–H groups in total. The molecule has 2 nitrogen and oxygen atoms in total. The maximum absolute atomic E-state index is 6.17. The number of hydrogen-bond donors (Lipinski definition) is 1. The van der Waals surface area contributed by atoms with Gasteiger partial charge in [0.1, 0.15) is 11.5 Å². The summed E-state index contributed by atoms with van der Waals surface area (Å²) < 4.78 is 5.69. The third-order valence-corrected chi connectivity index (χ3v) is 4.14. The Morgan fingerprint density at radius 1 is 1.05 bits per heavy atom. The summed E-state index contributed by atoms with van der Waals surface area (Å²) in [5.74, 6) is 1.34. The Bertz CT molecular complexity index is 568. The smallest absolute Gasteiger partial charge is 0.137 e. The van der Waals surface area contributed by atoms with Crippen LogP contribution >= 0.6 is 46.4 Å². The van der Waals surface area contributed by atoms with E-state index < -0.39 is 0 Å². The standard InChI is InChI=1S/C13H11Cl4NO/c1-2-18-6-7-3-4-10(19-7)11-12(16)8(14)5-9(15)13(11)17/h3-5,18H,2,6H2,1H3. The van der Waals surface area contributed by atoms with Gasteiger partial charge in [-0.3, -0.25) is 0 Å². The van der Waals surface area contributed by atoms with E-state index in [0.29, 0.717) is 38.0 Å². The second-order valence-corrected chi connectivity index (χ2v) is 5.46. The van der Waals surface area contributed by atoms with Gasteiger partial charge in [-0.05, 0) is 24.7 Å². The maximum Gasteiger partial charge on any atom is 0.137 e. The zero-order valence-corrected chi connectivity index (χ0v) is 13.1. The predicted molar refractivity (Wildman–Crippen MR) is 81.6 cm³/mol. The summed E-state index contributed by atoms with van der Waals surface area (Å²) in [6.45, 7) is 3.52. The maximum atomic E-state index is 6.17. The van der Waals surface area contributed by atoms with Gasteiger partial charge in [0.25, 0.3) is 0 Å². The molecule has 19 heavy (non-hydrogen) atoms. The van der Waals surface area contributed by atoms with E-state index in [1.165, 1.54) is 6.07 Å². The van der Waals surface area contributed by atoms with Gasteiger partial charge in [0, 0.05) is 0 Å². The first-order chi connectivity index (χ1) is 9.04. The first-order valence-corrected chi connectivity index (χ1v) is 7.18. The minimum atomic E-state index is 0.334. The summed E-state index contributed by atoms with van der Waals surface area (Å²) in [6.07, 6.45) is 0. The summed E-state index contributed by atoms with van der Waals surface area (Å²) in [7, 11) is 0. The van der Waals surface area contributed by atoms with Crippen molar-refractivity contribution in [2.45, 2.75) is 13.5 Å². The highest BCUT2D eigenvalue weighted by Crippen LogP contribution is 2.43. The van der Waals surface area contributed by atoms with Crippen LogP contribution in [0.15, 0.2) is 22.6 Å². The average molecular weight is 339 g/mol. The highest BCUT2D eigenvalue weighted by Gasteiger charge is 2.18. The molecule has 0 bridgehead atoms. The lowest BCUT2D eigenvalue weighted by atomic mass is 10.1. The Kier molecular flexibility index (Phi) is 5.04. The van der Waals surface area contributed by atoms with Gasteiger partial charge in [-0.1, -0.05) is 53.3 Å². The van der Waals surface area contributed by atoms with Crippen molar-refractivity contribution in [2.24, 2.45) is 0 Å². The Morgan fingerprint density at radius 3 is 2.26 bits per heavy atom. The topological polar surface area (TPSA) is 25.2 Å². The molecule has 1 aromatic heterocycles. The molecule has 0 aliphatic rings. The van der Waals surface area contributed by atoms with E-state index in [-0.39, 0.29) is 0 Å². The Balaban J connectivity index is 2.44. The van der Waals surface area contributed by atoms with E-state index >= 15 is 0 Å². The van der Waals surface area contributed by atoms with Crippen molar-refractivity contribution in [3.05, 3.63) is 44.0 Å². The largest absolute Gasteiger partial charge is 0.460 e. The molecule has 6 heteroatoms. The fourth-order valence-electron chi connectivity index (χ4n) is 1.64. The van der Waals surface area contributed by atoms with E-state index in [1.54, 1.807) is 6.07 Å². The van der Waals surface area contributed by atoms with Gasteiger partial charge in [-0.2, -0.15) is 0 Å². The van der Waals surface area contributed by atoms with Gasteiger partial charge >= 0.3 is 0 Å². The molecule has 0 saturated heterocycles. The van der Waals surface area contributed by atoms with Crippen LogP contribution in [0, 0.1) is 0 Å². The van der Waals surface area contributed by atoms with Crippen molar-refractivity contribution in [1.82, 2.24) is 5.32 Å². The number of rotatable bonds is 4. The lowest BCUT2D eigenvalue weighted by Gasteiger charge is -2.08. The van der Waals surface area contributed by atoms with Crippen molar-refractivity contribution in [3.8, 4) is 11.3 Å². The van der Waals surface area contributed by atoms with Crippen LogP contribution in [0.3, 0.4) is 0 Å². The third kappa shape index (κ3) is 3.21. The van der Waals surface area contributed by atoms with Crippen molar-refractivity contribution in [2.75, 3.05) is 6.54 Å². The van der Waals surface area contributed by atoms with E-state index in [0.717, 1.165) is 12.3 Å². The van der Waals surface area contributed by atoms with Gasteiger partial charge in [-0.25, -0.2) is 0 Å². The van der Waals surface area contributed by atoms with Gasteiger partial charge in [0.15, 0.2) is 0 Å². The van der Waals surface area contributed by atoms with E-state index in [1.807, 2.05) is 13.0 Å². The minimum absolute atomic E-state index is 0.334. The number of furan rings is 1. The highest BCUT2D eigenvalue weighted by atomic mass is 35.5. The van der Waals surface area contributed by atoms with Crippen LogP contribution < -0.4 is 5.32 Å². The monoisotopic (exact) mass is 337 g/mol. The van der Waals surface area contributed by atoms with Crippen LogP contribution in [-0.4, -0.2) is 6.54 Å². The van der Waals surface area contributed by atoms with Crippen LogP contribution in [0.25, 0.3) is 11.3 Å². The SMILES string of the molecule is CCNCc1ccc(-c2c(Cl)c(Cl)cc(Cl)c2Cl)o1. The zero-order valence-electron chi connectivity index (χ0n) is 10.1. The first kappa shape index (κ1) is 15.0. The molecule has 0 unspecified atom stereocenters. The molecular formula is C13H11Cl4NO. The van der Waals surface area contributed by atoms with Crippen molar-refractivity contribution >= 4 is 46.4 Å². The summed E-state index contributed by atoms with van der Waals surface area (Å²) in [4.78, 5) is 0. The Hall–Kier alpha value is -0.380. The fraction of sp³-hybridized carbons (Fsp3) is 0.231. The molecule has 0 atom stereocenters. The number of hydrogen-bond acceptors (Lipinski definition) is 2. The van der Waals surface area contributed by atoms with E-state index in [9.17, 15) is 0 Å². The molecule has 0 aliphatic carbocycles. The van der Waals surface area contributed by atoms with Crippen molar-refractivity contribution in [1.29, 1.82) is 0 Å². The third-order valence-electron chi connectivity index (χ3n) is 2.57. The molecule has 0 amide bonds. The van der Waals surface area contributed by atoms with Gasteiger partial charge in [0.2, 0.25) is 0 Å². The minimum Gasteiger partial charge on any atom is -0.460 e. The first-order valence-electron chi connectivity index (χ1n) is 5.67. The molecule has 102 valence electrons. The molecule has 1 heterocycles. The summed E-state index contributed by atoms with van der Waals surface area (Å²) in [5.41, 5.74) is 0.517. The molecular weight excluding hydrogens is 328 g/mol. The number of halogens is 4. The normalized spacial score (nSPS) is 11.0. The number of benzene rings is 1.